The summed E-state index contributed by atoms with van der Waals surface area (Å²) in [5.74, 6) is 0. The maximum absolute atomic E-state index is 5.86. The van der Waals surface area contributed by atoms with Gasteiger partial charge in [0.25, 0.3) is 0 Å². The van der Waals surface area contributed by atoms with E-state index in [1.165, 1.54) is 0 Å². The summed E-state index contributed by atoms with van der Waals surface area (Å²) in [5, 5.41) is 3.96. The van der Waals surface area contributed by atoms with Crippen LogP contribution in [0.3, 0.4) is 0 Å². The molecular formula is C13H9ClN2S. The highest BCUT2D eigenvalue weighted by atomic mass is 35.5. The smallest absolute Gasteiger partial charge is 0.101 e. The summed E-state index contributed by atoms with van der Waals surface area (Å²) >= 11 is 7.55. The van der Waals surface area contributed by atoms with Crippen LogP contribution in [-0.2, 0) is 0 Å². The maximum atomic E-state index is 5.86. The quantitative estimate of drug-likeness (QED) is 0.673. The third-order valence-electron chi connectivity index (χ3n) is 2.48. The molecule has 0 aliphatic carbocycles. The molecule has 2 nitrogen and oxygen atoms in total. The molecular weight excluding hydrogens is 252 g/mol. The molecule has 0 N–H and O–H groups in total. The van der Waals surface area contributed by atoms with Gasteiger partial charge in [-0.25, -0.2) is 4.98 Å². The molecule has 3 aromatic rings. The number of halogens is 1. The molecule has 0 amide bonds. The number of nitrogens with zero attached hydrogens (tertiary/aromatic N) is 2. The molecule has 0 radical (unpaired) electrons. The van der Waals surface area contributed by atoms with Crippen LogP contribution in [0, 0.1) is 0 Å². The SMILES string of the molecule is Clc1ccc(-c2cn(-c3cccs3)cn2)cc1. The molecule has 0 saturated carbocycles. The average Bonchev–Trinajstić information content (AvgIpc) is 3.00. The van der Waals surface area contributed by atoms with Crippen LogP contribution in [0.2, 0.25) is 5.02 Å². The van der Waals surface area contributed by atoms with Crippen molar-refractivity contribution in [2.45, 2.75) is 0 Å². The van der Waals surface area contributed by atoms with Crippen molar-refractivity contribution < 1.29 is 0 Å². The van der Waals surface area contributed by atoms with Gasteiger partial charge < -0.3 is 0 Å². The second-order valence-corrected chi connectivity index (χ2v) is 4.99. The van der Waals surface area contributed by atoms with Crippen LogP contribution in [0.4, 0.5) is 0 Å². The summed E-state index contributed by atoms with van der Waals surface area (Å²) in [4.78, 5) is 4.40. The lowest BCUT2D eigenvalue weighted by atomic mass is 10.2. The minimum Gasteiger partial charge on any atom is -0.297 e. The van der Waals surface area contributed by atoms with Crippen molar-refractivity contribution in [3.63, 3.8) is 0 Å². The fourth-order valence-electron chi connectivity index (χ4n) is 1.63. The van der Waals surface area contributed by atoms with Crippen LogP contribution in [0.1, 0.15) is 0 Å². The number of rotatable bonds is 2. The van der Waals surface area contributed by atoms with Gasteiger partial charge in [-0.2, -0.15) is 0 Å². The number of aromatic nitrogens is 2. The van der Waals surface area contributed by atoms with E-state index in [4.69, 9.17) is 11.6 Å². The zero-order valence-electron chi connectivity index (χ0n) is 8.88. The van der Waals surface area contributed by atoms with E-state index in [0.717, 1.165) is 21.3 Å². The Bertz CT molecular complexity index is 611. The van der Waals surface area contributed by atoms with Crippen LogP contribution in [0.15, 0.2) is 54.3 Å². The van der Waals surface area contributed by atoms with Gasteiger partial charge in [0.1, 0.15) is 11.3 Å². The number of benzene rings is 1. The molecule has 0 saturated heterocycles. The van der Waals surface area contributed by atoms with Crippen LogP contribution < -0.4 is 0 Å². The van der Waals surface area contributed by atoms with Crippen molar-refractivity contribution in [1.82, 2.24) is 9.55 Å². The zero-order chi connectivity index (χ0) is 11.7. The Morgan fingerprint density at radius 3 is 2.65 bits per heavy atom. The van der Waals surface area contributed by atoms with Crippen molar-refractivity contribution in [2.24, 2.45) is 0 Å². The summed E-state index contributed by atoms with van der Waals surface area (Å²) in [7, 11) is 0. The lowest BCUT2D eigenvalue weighted by Gasteiger charge is -1.96. The molecule has 0 aliphatic rings. The monoisotopic (exact) mass is 260 g/mol. The van der Waals surface area contributed by atoms with Gasteiger partial charge >= 0.3 is 0 Å². The summed E-state index contributed by atoms with van der Waals surface area (Å²) < 4.78 is 2.02. The fourth-order valence-corrected chi connectivity index (χ4v) is 2.43. The maximum Gasteiger partial charge on any atom is 0.101 e. The van der Waals surface area contributed by atoms with Crippen LogP contribution >= 0.6 is 22.9 Å². The molecule has 1 aromatic carbocycles. The van der Waals surface area contributed by atoms with Gasteiger partial charge in [0.2, 0.25) is 0 Å². The second-order valence-electron chi connectivity index (χ2n) is 3.62. The van der Waals surface area contributed by atoms with Gasteiger partial charge in [-0.3, -0.25) is 4.57 Å². The average molecular weight is 261 g/mol. The van der Waals surface area contributed by atoms with E-state index in [2.05, 4.69) is 16.4 Å². The summed E-state index contributed by atoms with van der Waals surface area (Å²) in [6, 6.07) is 11.8. The summed E-state index contributed by atoms with van der Waals surface area (Å²) in [6.07, 6.45) is 3.85. The van der Waals surface area contributed by atoms with E-state index in [1.807, 2.05) is 47.4 Å². The first-order valence-electron chi connectivity index (χ1n) is 5.17. The third kappa shape index (κ3) is 2.12. The Hall–Kier alpha value is -1.58. The number of thiophene rings is 1. The van der Waals surface area contributed by atoms with Gasteiger partial charge in [0.05, 0.1) is 5.69 Å². The molecule has 17 heavy (non-hydrogen) atoms. The highest BCUT2D eigenvalue weighted by molar-refractivity contribution is 7.12. The van der Waals surface area contributed by atoms with Gasteiger partial charge in [0, 0.05) is 16.8 Å². The Morgan fingerprint density at radius 2 is 1.94 bits per heavy atom. The normalized spacial score (nSPS) is 10.6. The topological polar surface area (TPSA) is 17.8 Å². The van der Waals surface area contributed by atoms with Crippen molar-refractivity contribution in [3.8, 4) is 16.3 Å². The van der Waals surface area contributed by atoms with Gasteiger partial charge in [-0.15, -0.1) is 11.3 Å². The van der Waals surface area contributed by atoms with E-state index in [0.29, 0.717) is 0 Å². The Kier molecular flexibility index (Phi) is 2.71. The molecule has 0 aliphatic heterocycles. The predicted molar refractivity (Wildman–Crippen MR) is 71.9 cm³/mol. The van der Waals surface area contributed by atoms with Crippen molar-refractivity contribution in [3.05, 3.63) is 59.3 Å². The second kappa shape index (κ2) is 4.35. The number of hydrogen-bond acceptors (Lipinski definition) is 2. The summed E-state index contributed by atoms with van der Waals surface area (Å²) in [6.45, 7) is 0. The van der Waals surface area contributed by atoms with Crippen molar-refractivity contribution in [2.75, 3.05) is 0 Å². The third-order valence-corrected chi connectivity index (χ3v) is 3.62. The van der Waals surface area contributed by atoms with Gasteiger partial charge in [0.15, 0.2) is 0 Å². The standard InChI is InChI=1S/C13H9ClN2S/c14-11-5-3-10(4-6-11)12-8-16(9-15-12)13-2-1-7-17-13/h1-9H. The van der Waals surface area contributed by atoms with Crippen molar-refractivity contribution in [1.29, 1.82) is 0 Å². The predicted octanol–water partition coefficient (Wildman–Crippen LogP) is 4.25. The molecule has 2 heterocycles. The Balaban J connectivity index is 1.98. The summed E-state index contributed by atoms with van der Waals surface area (Å²) in [5.41, 5.74) is 2.03. The molecule has 3 rings (SSSR count). The first-order chi connectivity index (χ1) is 8.33. The molecule has 2 aromatic heterocycles. The molecule has 0 unspecified atom stereocenters. The Morgan fingerprint density at radius 1 is 1.12 bits per heavy atom. The van der Waals surface area contributed by atoms with E-state index in [9.17, 15) is 0 Å². The number of imidazole rings is 1. The lowest BCUT2D eigenvalue weighted by molar-refractivity contribution is 1.09. The zero-order valence-corrected chi connectivity index (χ0v) is 10.4. The molecule has 4 heteroatoms. The lowest BCUT2D eigenvalue weighted by Crippen LogP contribution is -1.83. The number of hydrogen-bond donors (Lipinski definition) is 0. The van der Waals surface area contributed by atoms with Crippen molar-refractivity contribution >= 4 is 22.9 Å². The van der Waals surface area contributed by atoms with Gasteiger partial charge in [-0.1, -0.05) is 23.7 Å². The molecule has 0 fully saturated rings. The van der Waals surface area contributed by atoms with E-state index in [-0.39, 0.29) is 0 Å². The molecule has 0 atom stereocenters. The minimum absolute atomic E-state index is 0.742. The fraction of sp³-hybridized carbons (Fsp3) is 0. The first-order valence-corrected chi connectivity index (χ1v) is 6.42. The van der Waals surface area contributed by atoms with E-state index in [1.54, 1.807) is 11.3 Å². The van der Waals surface area contributed by atoms with Gasteiger partial charge in [-0.05, 0) is 29.6 Å². The first kappa shape index (κ1) is 10.6. The van der Waals surface area contributed by atoms with Crippen LogP contribution in [0.5, 0.6) is 0 Å². The van der Waals surface area contributed by atoms with E-state index >= 15 is 0 Å². The Labute approximate surface area is 108 Å². The van der Waals surface area contributed by atoms with Crippen LogP contribution in [-0.4, -0.2) is 9.55 Å². The van der Waals surface area contributed by atoms with E-state index < -0.39 is 0 Å². The molecule has 0 spiro atoms. The minimum atomic E-state index is 0.742. The highest BCUT2D eigenvalue weighted by Gasteiger charge is 2.03. The molecule has 0 bridgehead atoms. The largest absolute Gasteiger partial charge is 0.297 e. The molecule has 84 valence electrons. The highest BCUT2D eigenvalue weighted by Crippen LogP contribution is 2.22. The van der Waals surface area contributed by atoms with Crippen LogP contribution in [0.25, 0.3) is 16.3 Å².